The first kappa shape index (κ1) is 41.8. The molecular formula is C30H37N8NiO13+. The first-order valence-corrected chi connectivity index (χ1v) is 15.1. The number of carboxylic acid groups (broad SMARTS) is 6. The summed E-state index contributed by atoms with van der Waals surface area (Å²) in [6.07, 6.45) is 0. The second-order valence-electron chi connectivity index (χ2n) is 12.5. The Kier molecular flexibility index (Phi) is 14.3. The average molecular weight is 776 g/mol. The van der Waals surface area contributed by atoms with Gasteiger partial charge in [0, 0.05) is 0 Å². The predicted molar refractivity (Wildman–Crippen MR) is 167 cm³/mol. The van der Waals surface area contributed by atoms with Crippen molar-refractivity contribution in [3.05, 3.63) is 69.8 Å². The van der Waals surface area contributed by atoms with Gasteiger partial charge in [-0.15, -0.1) is 0 Å². The molecule has 2 aromatic carbocycles. The number of rotatable bonds is 6. The number of aromatic carboxylic acids is 6. The van der Waals surface area contributed by atoms with Crippen LogP contribution in [0, 0.1) is 0 Å². The Balaban J connectivity index is 0.000000187. The fourth-order valence-corrected chi connectivity index (χ4v) is 6.45. The summed E-state index contributed by atoms with van der Waals surface area (Å²) in [7, 11) is 0. The van der Waals surface area contributed by atoms with Gasteiger partial charge in [0.2, 0.25) is 0 Å². The summed E-state index contributed by atoms with van der Waals surface area (Å²) in [6, 6.07) is 5.09. The molecule has 22 heteroatoms. The van der Waals surface area contributed by atoms with E-state index in [1.165, 1.54) is 80.0 Å². The normalized spacial score (nSPS) is 27.7. The molecule has 10 rings (SSSR count). The molecule has 7 N–H and O–H groups in total. The molecule has 0 atom stereocenters. The second-order valence-corrected chi connectivity index (χ2v) is 12.5. The van der Waals surface area contributed by atoms with Crippen molar-refractivity contribution in [1.82, 2.24) is 39.2 Å². The Morgan fingerprint density at radius 1 is 0.365 bits per heavy atom. The fourth-order valence-electron chi connectivity index (χ4n) is 6.45. The topological polar surface area (TPSA) is 288 Å². The maximum atomic E-state index is 10.5. The Morgan fingerprint density at radius 3 is 0.615 bits per heavy atom. The van der Waals surface area contributed by atoms with Crippen molar-refractivity contribution >= 4 is 35.8 Å². The molecule has 8 saturated heterocycles. The van der Waals surface area contributed by atoms with Gasteiger partial charge in [-0.2, -0.15) is 0 Å². The van der Waals surface area contributed by atoms with Gasteiger partial charge in [-0.05, 0) is 47.5 Å². The number of nitrogens with zero attached hydrogens (tertiary/aromatic N) is 8. The number of carboxylic acids is 6. The van der Waals surface area contributed by atoms with Crippen molar-refractivity contribution in [2.45, 2.75) is 0 Å². The third-order valence-electron chi connectivity index (χ3n) is 8.13. The van der Waals surface area contributed by atoms with E-state index in [2.05, 4.69) is 39.2 Å². The number of hydrogen-bond acceptors (Lipinski definition) is 16. The van der Waals surface area contributed by atoms with Gasteiger partial charge >= 0.3 is 40.4 Å². The van der Waals surface area contributed by atoms with Crippen molar-refractivity contribution in [3.8, 4) is 0 Å². The van der Waals surface area contributed by atoms with Crippen molar-refractivity contribution in [3.63, 3.8) is 0 Å². The summed E-state index contributed by atoms with van der Waals surface area (Å²) >= 11 is 0. The van der Waals surface area contributed by atoms with Crippen LogP contribution in [-0.4, -0.2) is 175 Å². The molecule has 8 fully saturated rings. The minimum absolute atomic E-state index is 0. The molecule has 8 bridgehead atoms. The van der Waals surface area contributed by atoms with Gasteiger partial charge in [0.15, 0.2) is 0 Å². The number of carbonyl (C=O) groups excluding carboxylic acids is 2. The molecule has 0 amide bonds. The van der Waals surface area contributed by atoms with Gasteiger partial charge in [-0.1, -0.05) is 0 Å². The number of benzene rings is 2. The Labute approximate surface area is 305 Å². The Hall–Kier alpha value is -4.61. The van der Waals surface area contributed by atoms with Crippen LogP contribution in [0.4, 0.5) is 0 Å². The predicted octanol–water partition coefficient (Wildman–Crippen LogP) is -4.07. The molecule has 0 aromatic heterocycles. The SMILES string of the molecule is C1N2CN3CN1CN(C2)C3.C1N2CN3CN1CN(C2)C3.O=C([O-])c1cc(C(=O)O)cc(C(=O)O)c1.O=C([O-])c1cc(C(=O)O)cc(C(=O)O)c1.[Ni+2].[OH3+]. The third kappa shape index (κ3) is 10.7. The van der Waals surface area contributed by atoms with Crippen LogP contribution in [0.15, 0.2) is 36.4 Å². The van der Waals surface area contributed by atoms with E-state index in [0.717, 1.165) is 36.4 Å². The molecule has 0 unspecified atom stereocenters. The van der Waals surface area contributed by atoms with E-state index in [4.69, 9.17) is 20.4 Å². The standard InChI is InChI=1S/2C9H6O6.2C6H12N4.Ni.H2O/c2*10-7(11)4-1-5(8(12)13)3-6(2-4)9(14)15;2*1-7-2-9-4-8(1)5-10(3-7)6-9;;/h2*1-3H,(H,10,11)(H,12,13)(H,14,15);2*1-6H2;;1H2/q;;;;+2;/p-1. The van der Waals surface area contributed by atoms with Gasteiger partial charge in [-0.3, -0.25) is 39.2 Å². The summed E-state index contributed by atoms with van der Waals surface area (Å²) in [6.45, 7) is 14.2. The van der Waals surface area contributed by atoms with Crippen LogP contribution in [0.1, 0.15) is 62.1 Å². The summed E-state index contributed by atoms with van der Waals surface area (Å²) < 4.78 is 0. The monoisotopic (exact) mass is 775 g/mol. The van der Waals surface area contributed by atoms with Crippen LogP contribution in [0.25, 0.3) is 0 Å². The van der Waals surface area contributed by atoms with Gasteiger partial charge in [0.1, 0.15) is 0 Å². The quantitative estimate of drug-likeness (QED) is 0.160. The minimum atomic E-state index is -1.62. The Morgan fingerprint density at radius 2 is 0.500 bits per heavy atom. The van der Waals surface area contributed by atoms with Crippen LogP contribution < -0.4 is 10.2 Å². The molecule has 52 heavy (non-hydrogen) atoms. The van der Waals surface area contributed by atoms with Crippen LogP contribution in [0.3, 0.4) is 0 Å². The Bertz CT molecular complexity index is 1300. The molecule has 8 heterocycles. The number of hydrogen-bond donors (Lipinski definition) is 4. The largest absolute Gasteiger partial charge is 2.00 e. The van der Waals surface area contributed by atoms with E-state index in [-0.39, 0.29) is 22.0 Å². The summed E-state index contributed by atoms with van der Waals surface area (Å²) in [5.74, 6) is -8.86. The van der Waals surface area contributed by atoms with Gasteiger partial charge < -0.3 is 45.7 Å². The van der Waals surface area contributed by atoms with E-state index in [0.29, 0.717) is 0 Å². The van der Waals surface area contributed by atoms with E-state index >= 15 is 0 Å². The van der Waals surface area contributed by atoms with Crippen LogP contribution >= 0.6 is 0 Å². The van der Waals surface area contributed by atoms with Gasteiger partial charge in [-0.25, -0.2) is 19.2 Å². The van der Waals surface area contributed by atoms with Crippen molar-refractivity contribution in [2.75, 3.05) is 80.0 Å². The fraction of sp³-hybridized carbons (Fsp3) is 0.400. The van der Waals surface area contributed by atoms with Crippen LogP contribution in [0.2, 0.25) is 0 Å². The summed E-state index contributed by atoms with van der Waals surface area (Å²) in [5, 5.41) is 55.3. The maximum absolute atomic E-state index is 10.5. The molecular weight excluding hydrogens is 739 g/mol. The maximum Gasteiger partial charge on any atom is 2.00 e. The molecule has 21 nitrogen and oxygen atoms in total. The van der Waals surface area contributed by atoms with Crippen molar-refractivity contribution in [1.29, 1.82) is 0 Å². The van der Waals surface area contributed by atoms with Crippen LogP contribution in [0.5, 0.6) is 0 Å². The van der Waals surface area contributed by atoms with Crippen LogP contribution in [-0.2, 0) is 22.0 Å². The molecule has 8 aliphatic heterocycles. The van der Waals surface area contributed by atoms with Gasteiger partial charge in [0.05, 0.1) is 114 Å². The summed E-state index contributed by atoms with van der Waals surface area (Å²) in [5.41, 5.74) is -2.59. The molecule has 0 aliphatic carbocycles. The zero-order chi connectivity index (χ0) is 36.3. The van der Waals surface area contributed by atoms with E-state index < -0.39 is 69.2 Å². The second kappa shape index (κ2) is 17.7. The average Bonchev–Trinajstić information content (AvgIpc) is 3.04. The zero-order valence-corrected chi connectivity index (χ0v) is 28.5. The molecule has 0 saturated carbocycles. The number of carbonyl (C=O) groups is 6. The zero-order valence-electron chi connectivity index (χ0n) is 27.5. The van der Waals surface area contributed by atoms with E-state index in [9.17, 15) is 39.0 Å². The molecule has 2 aromatic rings. The van der Waals surface area contributed by atoms with E-state index in [1.807, 2.05) is 0 Å². The van der Waals surface area contributed by atoms with Gasteiger partial charge in [0.25, 0.3) is 0 Å². The first-order chi connectivity index (χ1) is 23.6. The molecule has 8 aliphatic rings. The molecule has 0 spiro atoms. The molecule has 0 radical (unpaired) electrons. The molecule has 284 valence electrons. The minimum Gasteiger partial charge on any atom is -0.545 e. The van der Waals surface area contributed by atoms with Crippen molar-refractivity contribution in [2.24, 2.45) is 0 Å². The third-order valence-corrected chi connectivity index (χ3v) is 8.13. The smallest absolute Gasteiger partial charge is 0.545 e. The van der Waals surface area contributed by atoms with Crippen molar-refractivity contribution < 1.29 is 81.4 Å². The van der Waals surface area contributed by atoms with E-state index in [1.54, 1.807) is 0 Å². The first-order valence-electron chi connectivity index (χ1n) is 15.1. The summed E-state index contributed by atoms with van der Waals surface area (Å²) in [4.78, 5) is 82.8.